The Morgan fingerprint density at radius 1 is 1.25 bits per heavy atom. The van der Waals surface area contributed by atoms with Crippen molar-refractivity contribution >= 4 is 5.69 Å². The normalized spacial score (nSPS) is 12.1. The number of halogens is 1. The van der Waals surface area contributed by atoms with Gasteiger partial charge >= 0.3 is 5.69 Å². The molecule has 2 aromatic carbocycles. The Morgan fingerprint density at radius 3 is 2.55 bits per heavy atom. The minimum absolute atomic E-state index is 0.120. The molecular weight excluding hydrogens is 259 g/mol. The Hall–Kier alpha value is -2.27. The number of hydrogen-bond acceptors (Lipinski definition) is 3. The molecule has 0 saturated heterocycles. The number of nitrogens with zero attached hydrogens (tertiary/aromatic N) is 1. The zero-order valence-electron chi connectivity index (χ0n) is 11.0. The van der Waals surface area contributed by atoms with Gasteiger partial charge in [0.2, 0.25) is 5.82 Å². The van der Waals surface area contributed by atoms with Crippen molar-refractivity contribution in [3.63, 3.8) is 0 Å². The fourth-order valence-corrected chi connectivity index (χ4v) is 1.94. The van der Waals surface area contributed by atoms with Gasteiger partial charge in [-0.1, -0.05) is 36.4 Å². The highest BCUT2D eigenvalue weighted by Gasteiger charge is 2.14. The summed E-state index contributed by atoms with van der Waals surface area (Å²) in [6.45, 7) is 2.46. The van der Waals surface area contributed by atoms with E-state index in [2.05, 4.69) is 5.32 Å². The summed E-state index contributed by atoms with van der Waals surface area (Å²) >= 11 is 0. The maximum absolute atomic E-state index is 13.5. The van der Waals surface area contributed by atoms with Crippen LogP contribution in [0.25, 0.3) is 0 Å². The van der Waals surface area contributed by atoms with E-state index >= 15 is 0 Å². The number of nitro benzene ring substituents is 1. The van der Waals surface area contributed by atoms with Crippen LogP contribution in [0.4, 0.5) is 10.1 Å². The summed E-state index contributed by atoms with van der Waals surface area (Å²) in [5.41, 5.74) is 1.32. The smallest absolute Gasteiger partial charge is 0.304 e. The predicted molar refractivity (Wildman–Crippen MR) is 74.8 cm³/mol. The molecule has 0 aliphatic rings. The average Bonchev–Trinajstić information content (AvgIpc) is 2.45. The maximum Gasteiger partial charge on any atom is 0.304 e. The van der Waals surface area contributed by atoms with E-state index in [1.165, 1.54) is 12.1 Å². The lowest BCUT2D eigenvalue weighted by Crippen LogP contribution is -2.18. The highest BCUT2D eigenvalue weighted by molar-refractivity contribution is 5.35. The molecule has 2 rings (SSSR count). The summed E-state index contributed by atoms with van der Waals surface area (Å²) in [6, 6.07) is 13.9. The van der Waals surface area contributed by atoms with E-state index in [9.17, 15) is 14.5 Å². The van der Waals surface area contributed by atoms with Crippen molar-refractivity contribution in [1.29, 1.82) is 0 Å². The maximum atomic E-state index is 13.5. The molecule has 0 unspecified atom stereocenters. The predicted octanol–water partition coefficient (Wildman–Crippen LogP) is 3.58. The monoisotopic (exact) mass is 274 g/mol. The summed E-state index contributed by atoms with van der Waals surface area (Å²) in [4.78, 5) is 9.81. The SMILES string of the molecule is C[C@H](NCc1ccc([N+](=O)[O-])c(F)c1)c1ccccc1. The molecule has 0 saturated carbocycles. The van der Waals surface area contributed by atoms with Gasteiger partial charge in [0.05, 0.1) is 4.92 Å². The van der Waals surface area contributed by atoms with E-state index in [1.54, 1.807) is 6.07 Å². The zero-order valence-corrected chi connectivity index (χ0v) is 11.0. The van der Waals surface area contributed by atoms with Crippen molar-refractivity contribution < 1.29 is 9.31 Å². The molecular formula is C15H15FN2O2. The van der Waals surface area contributed by atoms with Crippen LogP contribution in [0.3, 0.4) is 0 Å². The molecule has 0 fully saturated rings. The molecule has 0 aliphatic carbocycles. The van der Waals surface area contributed by atoms with Gasteiger partial charge in [0.1, 0.15) is 0 Å². The van der Waals surface area contributed by atoms with E-state index < -0.39 is 16.4 Å². The number of rotatable bonds is 5. The topological polar surface area (TPSA) is 55.2 Å². The van der Waals surface area contributed by atoms with Crippen LogP contribution in [0, 0.1) is 15.9 Å². The first kappa shape index (κ1) is 14.1. The van der Waals surface area contributed by atoms with Crippen LogP contribution in [-0.4, -0.2) is 4.92 Å². The molecule has 1 N–H and O–H groups in total. The number of nitrogens with one attached hydrogen (secondary N) is 1. The second-order valence-corrected chi connectivity index (χ2v) is 4.56. The van der Waals surface area contributed by atoms with Crippen LogP contribution < -0.4 is 5.32 Å². The third-order valence-corrected chi connectivity index (χ3v) is 3.12. The van der Waals surface area contributed by atoms with Crippen LogP contribution in [0.5, 0.6) is 0 Å². The lowest BCUT2D eigenvalue weighted by molar-refractivity contribution is -0.387. The first-order chi connectivity index (χ1) is 9.58. The fraction of sp³-hybridized carbons (Fsp3) is 0.200. The standard InChI is InChI=1S/C15H15FN2O2/c1-11(13-5-3-2-4-6-13)17-10-12-7-8-15(18(19)20)14(16)9-12/h2-9,11,17H,10H2,1H3/t11-/m0/s1. The van der Waals surface area contributed by atoms with Crippen molar-refractivity contribution in [3.05, 3.63) is 75.6 Å². The minimum Gasteiger partial charge on any atom is -0.306 e. The molecule has 2 aromatic rings. The summed E-state index contributed by atoms with van der Waals surface area (Å²) < 4.78 is 13.5. The first-order valence-corrected chi connectivity index (χ1v) is 6.29. The van der Waals surface area contributed by atoms with Crippen LogP contribution >= 0.6 is 0 Å². The summed E-state index contributed by atoms with van der Waals surface area (Å²) in [6.07, 6.45) is 0. The van der Waals surface area contributed by atoms with Crippen LogP contribution in [0.2, 0.25) is 0 Å². The lowest BCUT2D eigenvalue weighted by Gasteiger charge is -2.14. The van der Waals surface area contributed by atoms with Crippen molar-refractivity contribution in [3.8, 4) is 0 Å². The first-order valence-electron chi connectivity index (χ1n) is 6.29. The van der Waals surface area contributed by atoms with Gasteiger partial charge in [-0.3, -0.25) is 10.1 Å². The molecule has 0 aliphatic heterocycles. The third-order valence-electron chi connectivity index (χ3n) is 3.12. The molecule has 0 bridgehead atoms. The molecule has 5 heteroatoms. The Morgan fingerprint density at radius 2 is 1.95 bits per heavy atom. The Balaban J connectivity index is 2.01. The van der Waals surface area contributed by atoms with E-state index in [0.29, 0.717) is 12.1 Å². The van der Waals surface area contributed by atoms with Gasteiger partial charge in [-0.25, -0.2) is 0 Å². The van der Waals surface area contributed by atoms with E-state index in [0.717, 1.165) is 5.56 Å². The second kappa shape index (κ2) is 6.25. The van der Waals surface area contributed by atoms with Gasteiger partial charge < -0.3 is 5.32 Å². The Bertz CT molecular complexity index is 602. The third kappa shape index (κ3) is 3.39. The van der Waals surface area contributed by atoms with Gasteiger partial charge in [-0.15, -0.1) is 0 Å². The molecule has 0 radical (unpaired) electrons. The molecule has 0 amide bonds. The molecule has 20 heavy (non-hydrogen) atoms. The molecule has 104 valence electrons. The zero-order chi connectivity index (χ0) is 14.5. The Labute approximate surface area is 116 Å². The molecule has 1 atom stereocenters. The summed E-state index contributed by atoms with van der Waals surface area (Å²) in [7, 11) is 0. The number of benzene rings is 2. The quantitative estimate of drug-likeness (QED) is 0.669. The summed E-state index contributed by atoms with van der Waals surface area (Å²) in [5.74, 6) is -0.804. The van der Waals surface area contributed by atoms with Crippen molar-refractivity contribution in [1.82, 2.24) is 5.32 Å². The van der Waals surface area contributed by atoms with E-state index in [1.807, 2.05) is 37.3 Å². The highest BCUT2D eigenvalue weighted by atomic mass is 19.1. The highest BCUT2D eigenvalue weighted by Crippen LogP contribution is 2.19. The van der Waals surface area contributed by atoms with Crippen molar-refractivity contribution in [2.24, 2.45) is 0 Å². The molecule has 0 heterocycles. The summed E-state index contributed by atoms with van der Waals surface area (Å²) in [5, 5.41) is 13.8. The van der Waals surface area contributed by atoms with Gasteiger partial charge in [0, 0.05) is 18.7 Å². The molecule has 4 nitrogen and oxygen atoms in total. The number of hydrogen-bond donors (Lipinski definition) is 1. The molecule has 0 aromatic heterocycles. The minimum atomic E-state index is -0.804. The van der Waals surface area contributed by atoms with Gasteiger partial charge in [0.25, 0.3) is 0 Å². The average molecular weight is 274 g/mol. The van der Waals surface area contributed by atoms with Crippen LogP contribution in [0.15, 0.2) is 48.5 Å². The van der Waals surface area contributed by atoms with Crippen molar-refractivity contribution in [2.45, 2.75) is 19.5 Å². The van der Waals surface area contributed by atoms with E-state index in [-0.39, 0.29) is 6.04 Å². The van der Waals surface area contributed by atoms with Crippen LogP contribution in [0.1, 0.15) is 24.1 Å². The Kier molecular flexibility index (Phi) is 4.42. The number of nitro groups is 1. The van der Waals surface area contributed by atoms with Gasteiger partial charge in [-0.05, 0) is 24.1 Å². The van der Waals surface area contributed by atoms with Gasteiger partial charge in [0.15, 0.2) is 0 Å². The van der Waals surface area contributed by atoms with E-state index in [4.69, 9.17) is 0 Å². The second-order valence-electron chi connectivity index (χ2n) is 4.56. The largest absolute Gasteiger partial charge is 0.306 e. The van der Waals surface area contributed by atoms with Crippen molar-refractivity contribution in [2.75, 3.05) is 0 Å². The lowest BCUT2D eigenvalue weighted by atomic mass is 10.1. The van der Waals surface area contributed by atoms with Gasteiger partial charge in [-0.2, -0.15) is 4.39 Å². The molecule has 0 spiro atoms. The van der Waals surface area contributed by atoms with Crippen LogP contribution in [-0.2, 0) is 6.54 Å². The fourth-order valence-electron chi connectivity index (χ4n) is 1.94.